The second-order valence-electron chi connectivity index (χ2n) is 5.27. The molecular formula is C13H18N4O. The van der Waals surface area contributed by atoms with Crippen molar-refractivity contribution >= 4 is 11.7 Å². The van der Waals surface area contributed by atoms with Crippen LogP contribution in [0.3, 0.4) is 0 Å². The van der Waals surface area contributed by atoms with Gasteiger partial charge in [-0.25, -0.2) is 9.97 Å². The van der Waals surface area contributed by atoms with Crippen LogP contribution in [0.2, 0.25) is 0 Å². The monoisotopic (exact) mass is 246 g/mol. The predicted octanol–water partition coefficient (Wildman–Crippen LogP) is 0.675. The number of likely N-dealkylation sites (tertiary alicyclic amines) is 1. The van der Waals surface area contributed by atoms with E-state index in [0.29, 0.717) is 24.8 Å². The van der Waals surface area contributed by atoms with Crippen LogP contribution in [-0.2, 0) is 4.79 Å². The van der Waals surface area contributed by atoms with Gasteiger partial charge in [-0.05, 0) is 25.6 Å². The van der Waals surface area contributed by atoms with Gasteiger partial charge in [0.25, 0.3) is 0 Å². The van der Waals surface area contributed by atoms with Crippen LogP contribution in [0.1, 0.15) is 24.3 Å². The van der Waals surface area contributed by atoms with E-state index >= 15 is 0 Å². The van der Waals surface area contributed by atoms with Gasteiger partial charge in [0.05, 0.1) is 6.54 Å². The zero-order valence-electron chi connectivity index (χ0n) is 10.7. The molecule has 0 bridgehead atoms. The highest BCUT2D eigenvalue weighted by atomic mass is 16.1. The number of ketones is 1. The summed E-state index contributed by atoms with van der Waals surface area (Å²) in [5.74, 6) is 1.53. The van der Waals surface area contributed by atoms with Crippen molar-refractivity contribution in [3.63, 3.8) is 0 Å². The van der Waals surface area contributed by atoms with Crippen LogP contribution in [0.15, 0.2) is 12.4 Å². The molecule has 0 radical (unpaired) electrons. The summed E-state index contributed by atoms with van der Waals surface area (Å²) in [6.07, 6.45) is 5.66. The Morgan fingerprint density at radius 2 is 2.06 bits per heavy atom. The molecule has 96 valence electrons. The van der Waals surface area contributed by atoms with Crippen LogP contribution in [-0.4, -0.2) is 53.9 Å². The summed E-state index contributed by atoms with van der Waals surface area (Å²) in [6, 6.07) is 0. The lowest BCUT2D eigenvalue weighted by Gasteiger charge is -2.15. The molecule has 0 spiro atoms. The van der Waals surface area contributed by atoms with Crippen molar-refractivity contribution in [3.8, 4) is 0 Å². The Hall–Kier alpha value is -1.49. The van der Waals surface area contributed by atoms with Gasteiger partial charge in [0, 0.05) is 37.8 Å². The van der Waals surface area contributed by atoms with Gasteiger partial charge in [-0.2, -0.15) is 0 Å². The van der Waals surface area contributed by atoms with Gasteiger partial charge in [-0.3, -0.25) is 4.79 Å². The highest BCUT2D eigenvalue weighted by Gasteiger charge is 2.24. The Morgan fingerprint density at radius 1 is 1.28 bits per heavy atom. The Bertz CT molecular complexity index is 445. The molecule has 2 fully saturated rings. The molecule has 18 heavy (non-hydrogen) atoms. The Labute approximate surface area is 107 Å². The fourth-order valence-corrected chi connectivity index (χ4v) is 2.71. The number of rotatable bonds is 2. The third-order valence-electron chi connectivity index (χ3n) is 3.83. The maximum absolute atomic E-state index is 11.2. The van der Waals surface area contributed by atoms with Crippen molar-refractivity contribution in [3.05, 3.63) is 18.0 Å². The highest BCUT2D eigenvalue weighted by Crippen LogP contribution is 2.25. The number of carbonyl (C=O) groups is 1. The van der Waals surface area contributed by atoms with Crippen LogP contribution in [0.25, 0.3) is 0 Å². The molecule has 2 saturated heterocycles. The second kappa shape index (κ2) is 4.65. The molecule has 0 aromatic carbocycles. The molecule has 0 N–H and O–H groups in total. The summed E-state index contributed by atoms with van der Waals surface area (Å²) in [5, 5.41) is 0. The highest BCUT2D eigenvalue weighted by molar-refractivity contribution is 5.86. The van der Waals surface area contributed by atoms with Crippen LogP contribution >= 0.6 is 0 Å². The number of nitrogens with zero attached hydrogens (tertiary/aromatic N) is 4. The van der Waals surface area contributed by atoms with E-state index in [2.05, 4.69) is 21.9 Å². The number of anilines is 1. The first-order chi connectivity index (χ1) is 8.72. The lowest BCUT2D eigenvalue weighted by Crippen LogP contribution is -2.22. The maximum atomic E-state index is 11.2. The van der Waals surface area contributed by atoms with Crippen LogP contribution < -0.4 is 4.90 Å². The average molecular weight is 246 g/mol. The van der Waals surface area contributed by atoms with Crippen molar-refractivity contribution in [2.45, 2.75) is 18.8 Å². The number of aromatic nitrogens is 2. The van der Waals surface area contributed by atoms with Gasteiger partial charge < -0.3 is 9.80 Å². The second-order valence-corrected chi connectivity index (χ2v) is 5.27. The van der Waals surface area contributed by atoms with Gasteiger partial charge in [-0.15, -0.1) is 0 Å². The summed E-state index contributed by atoms with van der Waals surface area (Å²) in [5.41, 5.74) is 1.22. The molecule has 2 aliphatic rings. The van der Waals surface area contributed by atoms with E-state index in [9.17, 15) is 4.79 Å². The van der Waals surface area contributed by atoms with Crippen LogP contribution in [0.5, 0.6) is 0 Å². The van der Waals surface area contributed by atoms with E-state index in [-0.39, 0.29) is 5.78 Å². The minimum Gasteiger partial charge on any atom is -0.333 e. The molecular weight excluding hydrogens is 228 g/mol. The number of likely N-dealkylation sites (N-methyl/N-ethyl adjacent to an activating group) is 1. The third-order valence-corrected chi connectivity index (χ3v) is 3.83. The first-order valence-corrected chi connectivity index (χ1v) is 6.49. The largest absolute Gasteiger partial charge is 0.333 e. The van der Waals surface area contributed by atoms with Gasteiger partial charge in [0.15, 0.2) is 5.78 Å². The summed E-state index contributed by atoms with van der Waals surface area (Å²) in [7, 11) is 2.14. The van der Waals surface area contributed by atoms with E-state index in [1.54, 1.807) is 0 Å². The number of hydrogen-bond acceptors (Lipinski definition) is 5. The van der Waals surface area contributed by atoms with Crippen molar-refractivity contribution in [2.75, 3.05) is 38.1 Å². The molecule has 1 unspecified atom stereocenters. The predicted molar refractivity (Wildman–Crippen MR) is 68.7 cm³/mol. The van der Waals surface area contributed by atoms with E-state index in [1.165, 1.54) is 12.0 Å². The zero-order chi connectivity index (χ0) is 12.5. The molecule has 1 atom stereocenters. The molecule has 0 saturated carbocycles. The SMILES string of the molecule is CN1CCC(c2cnc(N3CCC(=O)C3)nc2)C1. The first-order valence-electron chi connectivity index (χ1n) is 6.49. The lowest BCUT2D eigenvalue weighted by atomic mass is 10.0. The van der Waals surface area contributed by atoms with Gasteiger partial charge >= 0.3 is 0 Å². The van der Waals surface area contributed by atoms with Crippen molar-refractivity contribution in [1.29, 1.82) is 0 Å². The number of carbonyl (C=O) groups excluding carboxylic acids is 1. The van der Waals surface area contributed by atoms with E-state index in [0.717, 1.165) is 19.6 Å². The van der Waals surface area contributed by atoms with Crippen molar-refractivity contribution in [2.24, 2.45) is 0 Å². The molecule has 3 rings (SSSR count). The van der Waals surface area contributed by atoms with E-state index in [1.807, 2.05) is 17.3 Å². The quantitative estimate of drug-likeness (QED) is 0.768. The van der Waals surface area contributed by atoms with E-state index < -0.39 is 0 Å². The number of hydrogen-bond donors (Lipinski definition) is 0. The molecule has 5 nitrogen and oxygen atoms in total. The maximum Gasteiger partial charge on any atom is 0.225 e. The molecule has 1 aromatic rings. The van der Waals surface area contributed by atoms with Crippen molar-refractivity contribution in [1.82, 2.24) is 14.9 Å². The standard InChI is InChI=1S/C13H18N4O/c1-16-4-2-10(8-16)11-6-14-13(15-7-11)17-5-3-12(18)9-17/h6-7,10H,2-5,8-9H2,1H3. The van der Waals surface area contributed by atoms with Crippen LogP contribution in [0.4, 0.5) is 5.95 Å². The van der Waals surface area contributed by atoms with Gasteiger partial charge in [0.2, 0.25) is 5.95 Å². The Morgan fingerprint density at radius 3 is 2.61 bits per heavy atom. The molecule has 0 aliphatic carbocycles. The number of Topliss-reactive ketones (excluding diaryl/α,β-unsaturated/α-hetero) is 1. The van der Waals surface area contributed by atoms with Crippen molar-refractivity contribution < 1.29 is 4.79 Å². The summed E-state index contributed by atoms with van der Waals surface area (Å²) in [6.45, 7) is 3.45. The molecule has 3 heterocycles. The molecule has 0 amide bonds. The summed E-state index contributed by atoms with van der Waals surface area (Å²) >= 11 is 0. The fourth-order valence-electron chi connectivity index (χ4n) is 2.71. The molecule has 2 aliphatic heterocycles. The fraction of sp³-hybridized carbons (Fsp3) is 0.615. The normalized spacial score (nSPS) is 25.1. The molecule has 5 heteroatoms. The minimum atomic E-state index is 0.278. The lowest BCUT2D eigenvalue weighted by molar-refractivity contribution is -0.116. The average Bonchev–Trinajstić information content (AvgIpc) is 2.98. The summed E-state index contributed by atoms with van der Waals surface area (Å²) < 4.78 is 0. The topological polar surface area (TPSA) is 49.3 Å². The first kappa shape index (κ1) is 11.6. The van der Waals surface area contributed by atoms with Gasteiger partial charge in [-0.1, -0.05) is 0 Å². The molecule has 1 aromatic heterocycles. The zero-order valence-corrected chi connectivity index (χ0v) is 10.7. The Balaban J connectivity index is 1.71. The third kappa shape index (κ3) is 2.22. The van der Waals surface area contributed by atoms with Crippen LogP contribution in [0, 0.1) is 0 Å². The Kier molecular flexibility index (Phi) is 2.99. The smallest absolute Gasteiger partial charge is 0.225 e. The minimum absolute atomic E-state index is 0.278. The van der Waals surface area contributed by atoms with Gasteiger partial charge in [0.1, 0.15) is 0 Å². The summed E-state index contributed by atoms with van der Waals surface area (Å²) in [4.78, 5) is 24.3. The van der Waals surface area contributed by atoms with E-state index in [4.69, 9.17) is 0 Å².